The minimum atomic E-state index is -0.376. The number of amides is 2. The summed E-state index contributed by atoms with van der Waals surface area (Å²) in [4.78, 5) is 15.6. The molecule has 0 bridgehead atoms. The van der Waals surface area contributed by atoms with Gasteiger partial charge >= 0.3 is 6.03 Å². The van der Waals surface area contributed by atoms with E-state index >= 15 is 0 Å². The van der Waals surface area contributed by atoms with Gasteiger partial charge in [-0.3, -0.25) is 20.7 Å². The molecule has 6 rings (SSSR count). The van der Waals surface area contributed by atoms with E-state index in [-0.39, 0.29) is 48.3 Å². The van der Waals surface area contributed by atoms with E-state index in [0.717, 1.165) is 42.8 Å². The molecular weight excluding hydrogens is 668 g/mol. The van der Waals surface area contributed by atoms with Crippen molar-refractivity contribution in [3.05, 3.63) is 94.2 Å². The summed E-state index contributed by atoms with van der Waals surface area (Å²) in [5, 5.41) is 37.6. The molecule has 2 atom stereocenters. The van der Waals surface area contributed by atoms with E-state index in [9.17, 15) is 9.90 Å². The topological polar surface area (TPSA) is 154 Å². The van der Waals surface area contributed by atoms with Crippen molar-refractivity contribution in [1.82, 2.24) is 24.6 Å². The summed E-state index contributed by atoms with van der Waals surface area (Å²) in [6.07, 6.45) is 4.86. The molecule has 13 heteroatoms. The van der Waals surface area contributed by atoms with E-state index in [2.05, 4.69) is 31.4 Å². The van der Waals surface area contributed by atoms with Crippen LogP contribution in [0.4, 0.5) is 10.6 Å². The number of hydrogen-bond acceptors (Lipinski definition) is 7. The molecule has 2 aliphatic rings. The van der Waals surface area contributed by atoms with Gasteiger partial charge in [0.25, 0.3) is 0 Å². The number of benzene rings is 2. The summed E-state index contributed by atoms with van der Waals surface area (Å²) >= 11 is 6.33. The zero-order valence-electron chi connectivity index (χ0n) is 30.0. The van der Waals surface area contributed by atoms with Crippen molar-refractivity contribution in [2.45, 2.75) is 77.9 Å². The number of likely N-dealkylation sites (tertiary alicyclic amines) is 1. The molecule has 2 aromatic carbocycles. The van der Waals surface area contributed by atoms with Crippen LogP contribution in [0.2, 0.25) is 5.02 Å². The van der Waals surface area contributed by atoms with Crippen LogP contribution >= 0.6 is 11.6 Å². The highest BCUT2D eigenvalue weighted by atomic mass is 35.5. The van der Waals surface area contributed by atoms with Crippen LogP contribution in [0.5, 0.6) is 11.5 Å². The minimum absolute atomic E-state index is 0.0959. The number of urea groups is 1. The number of nitrogens with one attached hydrogen (secondary N) is 4. The molecule has 0 saturated carbocycles. The quantitative estimate of drug-likeness (QED) is 0.0964. The van der Waals surface area contributed by atoms with Gasteiger partial charge in [-0.1, -0.05) is 70.5 Å². The first-order valence-electron chi connectivity index (χ1n) is 17.6. The van der Waals surface area contributed by atoms with E-state index in [1.54, 1.807) is 45.8 Å². The molecule has 4 aromatic rings. The van der Waals surface area contributed by atoms with E-state index in [1.165, 1.54) is 0 Å². The lowest BCUT2D eigenvalue weighted by molar-refractivity contribution is 0.171. The molecule has 3 heterocycles. The summed E-state index contributed by atoms with van der Waals surface area (Å²) in [6, 6.07) is 17.8. The Morgan fingerprint density at radius 2 is 1.76 bits per heavy atom. The molecule has 1 aliphatic heterocycles. The number of aromatic nitrogens is 3. The zero-order chi connectivity index (χ0) is 36.7. The third-order valence-corrected chi connectivity index (χ3v) is 9.11. The molecular formula is C38H49ClN8O4. The van der Waals surface area contributed by atoms with Gasteiger partial charge < -0.3 is 24.8 Å². The lowest BCUT2D eigenvalue weighted by Gasteiger charge is -2.32. The van der Waals surface area contributed by atoms with Gasteiger partial charge in [0.2, 0.25) is 5.96 Å². The average Bonchev–Trinajstić information content (AvgIpc) is 3.82. The zero-order valence-corrected chi connectivity index (χ0v) is 30.8. The Morgan fingerprint density at radius 1 is 1.04 bits per heavy atom. The molecule has 1 saturated heterocycles. The highest BCUT2D eigenvalue weighted by Crippen LogP contribution is 2.39. The van der Waals surface area contributed by atoms with Gasteiger partial charge in [0, 0.05) is 30.6 Å². The number of aliphatic hydroxyl groups excluding tert-OH is 1. The monoisotopic (exact) mass is 716 g/mol. The second kappa shape index (κ2) is 16.5. The van der Waals surface area contributed by atoms with Crippen LogP contribution < -0.4 is 25.6 Å². The summed E-state index contributed by atoms with van der Waals surface area (Å²) in [5.74, 6) is 1.75. The van der Waals surface area contributed by atoms with Gasteiger partial charge in [0.05, 0.1) is 35.2 Å². The Balaban J connectivity index is 0.00000248. The Bertz CT molecular complexity index is 1890. The van der Waals surface area contributed by atoms with Crippen LogP contribution in [0.3, 0.4) is 0 Å². The molecule has 51 heavy (non-hydrogen) atoms. The van der Waals surface area contributed by atoms with Crippen molar-refractivity contribution in [2.75, 3.05) is 31.6 Å². The van der Waals surface area contributed by atoms with Crippen molar-refractivity contribution in [3.8, 4) is 17.2 Å². The van der Waals surface area contributed by atoms with Crippen molar-refractivity contribution in [1.29, 1.82) is 10.8 Å². The fourth-order valence-corrected chi connectivity index (χ4v) is 6.40. The highest BCUT2D eigenvalue weighted by molar-refractivity contribution is 6.32. The number of hydrogen-bond donors (Lipinski definition) is 5. The highest BCUT2D eigenvalue weighted by Gasteiger charge is 2.30. The van der Waals surface area contributed by atoms with Gasteiger partial charge in [-0.25, -0.2) is 9.48 Å². The van der Waals surface area contributed by atoms with Gasteiger partial charge in [-0.15, -0.1) is 0 Å². The molecule has 0 radical (unpaired) electrons. The van der Waals surface area contributed by atoms with Crippen molar-refractivity contribution >= 4 is 29.4 Å². The van der Waals surface area contributed by atoms with Gasteiger partial charge in [0.15, 0.2) is 0 Å². The molecule has 12 nitrogen and oxygen atoms in total. The van der Waals surface area contributed by atoms with Gasteiger partial charge in [0.1, 0.15) is 35.5 Å². The van der Waals surface area contributed by atoms with Crippen LogP contribution in [-0.4, -0.2) is 62.6 Å². The number of fused-ring (bicyclic) bond motifs is 1. The number of anilines is 1. The Hall–Kier alpha value is -4.81. The number of carbonyl (C=O) groups excluding carboxylic acids is 1. The molecule has 1 aliphatic carbocycles. The number of nitrogens with zero attached hydrogens (tertiary/aromatic N) is 4. The predicted molar refractivity (Wildman–Crippen MR) is 199 cm³/mol. The Labute approximate surface area is 304 Å². The van der Waals surface area contributed by atoms with E-state index in [4.69, 9.17) is 37.0 Å². The first kappa shape index (κ1) is 37.4. The number of pyridine rings is 1. The number of carbonyl (C=O) groups is 1. The molecule has 272 valence electrons. The third-order valence-electron chi connectivity index (χ3n) is 8.80. The second-order valence-electron chi connectivity index (χ2n) is 13.4. The normalized spacial score (nSPS) is 16.8. The lowest BCUT2D eigenvalue weighted by Crippen LogP contribution is -2.38. The predicted octanol–water partition coefficient (Wildman–Crippen LogP) is 7.16. The third kappa shape index (κ3) is 8.74. The van der Waals surface area contributed by atoms with E-state index < -0.39 is 0 Å². The maximum absolute atomic E-state index is 13.6. The summed E-state index contributed by atoms with van der Waals surface area (Å²) < 4.78 is 15.3. The fourth-order valence-electron chi connectivity index (χ4n) is 6.23. The largest absolute Gasteiger partial charge is 0.490 e. The molecule has 2 amide bonds. The van der Waals surface area contributed by atoms with Gasteiger partial charge in [-0.05, 0) is 61.1 Å². The maximum atomic E-state index is 13.6. The molecule has 0 unspecified atom stereocenters. The summed E-state index contributed by atoms with van der Waals surface area (Å²) in [6.45, 7) is 11.7. The average molecular weight is 717 g/mol. The molecule has 5 N–H and O–H groups in total. The van der Waals surface area contributed by atoms with E-state index in [1.807, 2.05) is 49.1 Å². The van der Waals surface area contributed by atoms with Crippen LogP contribution in [0.15, 0.2) is 66.9 Å². The second-order valence-corrected chi connectivity index (χ2v) is 13.8. The first-order valence-corrected chi connectivity index (χ1v) is 18.0. The summed E-state index contributed by atoms with van der Waals surface area (Å²) in [5.41, 5.74) is 3.32. The number of ether oxygens (including phenoxy) is 2. The minimum Gasteiger partial charge on any atom is -0.490 e. The fraction of sp³-hybridized carbons (Fsp3) is 0.421. The first-order chi connectivity index (χ1) is 24.5. The number of aliphatic hydroxyl groups is 1. The Kier molecular flexibility index (Phi) is 12.1. The SMILES string of the molecule is CC.CC(C)(C)c1cc(NC(=O)N[C@H]2CC[C@@H](Oc3ccc(=N)n(C(=N)N4CCCC4)c3)c3ccccc32)n(-c2ccc(Cl)c(OCCO)c2)n1. The van der Waals surface area contributed by atoms with Crippen molar-refractivity contribution in [3.63, 3.8) is 0 Å². The Morgan fingerprint density at radius 3 is 2.47 bits per heavy atom. The number of rotatable bonds is 8. The van der Waals surface area contributed by atoms with Crippen LogP contribution in [-0.2, 0) is 5.41 Å². The van der Waals surface area contributed by atoms with Crippen LogP contribution in [0.25, 0.3) is 5.69 Å². The lowest BCUT2D eigenvalue weighted by atomic mass is 9.85. The van der Waals surface area contributed by atoms with Crippen molar-refractivity contribution in [2.24, 2.45) is 0 Å². The van der Waals surface area contributed by atoms with Crippen LogP contribution in [0, 0.1) is 10.8 Å². The smallest absolute Gasteiger partial charge is 0.320 e. The van der Waals surface area contributed by atoms with E-state index in [0.29, 0.717) is 40.9 Å². The van der Waals surface area contributed by atoms with Crippen LogP contribution in [0.1, 0.15) is 89.3 Å². The van der Waals surface area contributed by atoms with Crippen molar-refractivity contribution < 1.29 is 19.4 Å². The molecule has 0 spiro atoms. The summed E-state index contributed by atoms with van der Waals surface area (Å²) in [7, 11) is 0. The number of halogens is 1. The molecule has 1 fully saturated rings. The standard InChI is InChI=1S/C36H43ClN8O4.C2H6/c1-36(2,3)31-21-33(45(42-31)23-10-12-27(37)30(20-23)48-19-18-46)41-35(47)40-28-13-14-29(26-9-5-4-8-25(26)28)49-24-11-15-32(38)44(22-24)34(39)43-16-6-7-17-43;1-2/h4-5,8-12,15,20-22,28-29,38-39,46H,6-7,13-14,16-19H2,1-3H3,(H2,40,41,47);1-2H3/t28-,29+;/m0./s1. The van der Waals surface area contributed by atoms with Gasteiger partial charge in [-0.2, -0.15) is 5.10 Å². The maximum Gasteiger partial charge on any atom is 0.320 e. The molecule has 2 aromatic heterocycles.